The number of nitrogens with one attached hydrogen (secondary N) is 2. The van der Waals surface area contributed by atoms with Crippen LogP contribution in [0.5, 0.6) is 0 Å². The van der Waals surface area contributed by atoms with Crippen LogP contribution < -0.4 is 16.0 Å². The largest absolute Gasteiger partial charge is 0.307 e. The molecule has 0 saturated carbocycles. The van der Waals surface area contributed by atoms with Crippen LogP contribution in [0, 0.1) is 0 Å². The second-order valence-corrected chi connectivity index (χ2v) is 6.55. The van der Waals surface area contributed by atoms with Gasteiger partial charge in [-0.1, -0.05) is 11.6 Å². The van der Waals surface area contributed by atoms with Gasteiger partial charge in [0, 0.05) is 17.8 Å². The number of hydrazine groups is 1. The molecule has 0 atom stereocenters. The van der Waals surface area contributed by atoms with E-state index in [9.17, 15) is 8.42 Å². The quantitative estimate of drug-likeness (QED) is 0.559. The highest BCUT2D eigenvalue weighted by atomic mass is 35.5. The van der Waals surface area contributed by atoms with Crippen LogP contribution in [0.2, 0.25) is 5.02 Å². The Labute approximate surface area is 118 Å². The van der Waals surface area contributed by atoms with Crippen LogP contribution in [-0.4, -0.2) is 18.4 Å². The summed E-state index contributed by atoms with van der Waals surface area (Å²) in [4.78, 5) is 7.75. The van der Waals surface area contributed by atoms with E-state index in [0.29, 0.717) is 5.01 Å². The van der Waals surface area contributed by atoms with Crippen LogP contribution in [0.4, 0.5) is 5.82 Å². The van der Waals surface area contributed by atoms with Crippen LogP contribution in [-0.2, 0) is 16.6 Å². The maximum atomic E-state index is 12.0. The van der Waals surface area contributed by atoms with Gasteiger partial charge >= 0.3 is 0 Å². The Morgan fingerprint density at radius 1 is 1.42 bits per heavy atom. The van der Waals surface area contributed by atoms with Crippen molar-refractivity contribution < 1.29 is 8.42 Å². The minimum atomic E-state index is -3.68. The molecule has 0 fully saturated rings. The van der Waals surface area contributed by atoms with Crippen molar-refractivity contribution in [3.05, 3.63) is 33.9 Å². The van der Waals surface area contributed by atoms with Crippen LogP contribution in [0.15, 0.2) is 28.7 Å². The molecule has 0 saturated heterocycles. The van der Waals surface area contributed by atoms with Crippen molar-refractivity contribution in [1.82, 2.24) is 14.7 Å². The van der Waals surface area contributed by atoms with Gasteiger partial charge in [-0.3, -0.25) is 0 Å². The number of nitrogens with two attached hydrogens (primary N) is 1. The molecule has 4 N–H and O–H groups in total. The number of thiazole rings is 1. The molecule has 10 heteroatoms. The summed E-state index contributed by atoms with van der Waals surface area (Å²) >= 11 is 7.19. The molecule has 0 aromatic carbocycles. The topological polar surface area (TPSA) is 110 Å². The first kappa shape index (κ1) is 14.2. The maximum Gasteiger partial charge on any atom is 0.242 e. The van der Waals surface area contributed by atoms with E-state index in [0.717, 1.165) is 0 Å². The van der Waals surface area contributed by atoms with Crippen molar-refractivity contribution in [2.75, 3.05) is 5.43 Å². The van der Waals surface area contributed by atoms with E-state index < -0.39 is 10.0 Å². The highest BCUT2D eigenvalue weighted by Crippen LogP contribution is 2.21. The molecular formula is C9H10ClN5O2S2. The molecule has 2 rings (SSSR count). The molecule has 7 nitrogen and oxygen atoms in total. The monoisotopic (exact) mass is 319 g/mol. The summed E-state index contributed by atoms with van der Waals surface area (Å²) in [5.74, 6) is 5.37. The van der Waals surface area contributed by atoms with Crippen molar-refractivity contribution in [3.8, 4) is 0 Å². The Balaban J connectivity index is 2.17. The van der Waals surface area contributed by atoms with E-state index in [1.165, 1.54) is 23.6 Å². The number of anilines is 1. The first-order chi connectivity index (χ1) is 9.03. The van der Waals surface area contributed by atoms with E-state index >= 15 is 0 Å². The predicted molar refractivity (Wildman–Crippen MR) is 73.2 cm³/mol. The first-order valence-electron chi connectivity index (χ1n) is 5.03. The summed E-state index contributed by atoms with van der Waals surface area (Å²) in [6.45, 7) is 0.120. The van der Waals surface area contributed by atoms with Gasteiger partial charge in [0.25, 0.3) is 0 Å². The number of sulfonamides is 1. The van der Waals surface area contributed by atoms with Crippen molar-refractivity contribution >= 4 is 38.8 Å². The van der Waals surface area contributed by atoms with Gasteiger partial charge in [0.2, 0.25) is 10.0 Å². The summed E-state index contributed by atoms with van der Waals surface area (Å²) in [6, 6.07) is 1.27. The Hall–Kier alpha value is -1.26. The average Bonchev–Trinajstić information content (AvgIpc) is 2.89. The highest BCUT2D eigenvalue weighted by Gasteiger charge is 2.16. The van der Waals surface area contributed by atoms with Gasteiger partial charge in [-0.15, -0.1) is 11.3 Å². The lowest BCUT2D eigenvalue weighted by atomic mass is 10.5. The minimum Gasteiger partial charge on any atom is -0.307 e. The number of halogens is 1. The third-order valence-electron chi connectivity index (χ3n) is 2.16. The number of aromatic nitrogens is 2. The van der Waals surface area contributed by atoms with Crippen molar-refractivity contribution in [1.29, 1.82) is 0 Å². The van der Waals surface area contributed by atoms with Crippen molar-refractivity contribution in [2.24, 2.45) is 5.84 Å². The third-order valence-corrected chi connectivity index (χ3v) is 4.60. The van der Waals surface area contributed by atoms with E-state index in [1.54, 1.807) is 11.6 Å². The Bertz CT molecular complexity index is 659. The Morgan fingerprint density at radius 2 is 2.21 bits per heavy atom. The molecule has 0 aliphatic rings. The molecule has 0 radical (unpaired) electrons. The van der Waals surface area contributed by atoms with Gasteiger partial charge in [0.05, 0.1) is 11.6 Å². The molecule has 0 aliphatic carbocycles. The van der Waals surface area contributed by atoms with E-state index in [-0.39, 0.29) is 22.3 Å². The minimum absolute atomic E-state index is 0.0342. The van der Waals surface area contributed by atoms with Gasteiger partial charge in [0.15, 0.2) is 5.82 Å². The molecule has 0 bridgehead atoms. The average molecular weight is 320 g/mol. The first-order valence-corrected chi connectivity index (χ1v) is 7.77. The fourth-order valence-corrected chi connectivity index (χ4v) is 3.14. The normalized spacial score (nSPS) is 11.5. The van der Waals surface area contributed by atoms with Crippen LogP contribution >= 0.6 is 22.9 Å². The van der Waals surface area contributed by atoms with Gasteiger partial charge < -0.3 is 5.43 Å². The zero-order valence-corrected chi connectivity index (χ0v) is 11.9. The zero-order chi connectivity index (χ0) is 13.9. The fourth-order valence-electron chi connectivity index (χ4n) is 1.25. The van der Waals surface area contributed by atoms with Gasteiger partial charge in [-0.2, -0.15) is 0 Å². The van der Waals surface area contributed by atoms with E-state index in [1.807, 2.05) is 0 Å². The molecule has 0 amide bonds. The molecule has 102 valence electrons. The third kappa shape index (κ3) is 3.39. The summed E-state index contributed by atoms with van der Waals surface area (Å²) in [5.41, 5.74) is 2.26. The number of hydrogen-bond donors (Lipinski definition) is 3. The molecule has 2 heterocycles. The summed E-state index contributed by atoms with van der Waals surface area (Å²) in [6.07, 6.45) is 2.78. The zero-order valence-electron chi connectivity index (χ0n) is 9.50. The molecule has 0 unspecified atom stereocenters. The van der Waals surface area contributed by atoms with E-state index in [4.69, 9.17) is 17.4 Å². The number of nitrogens with zero attached hydrogens (tertiary/aromatic N) is 2. The smallest absolute Gasteiger partial charge is 0.242 e. The maximum absolute atomic E-state index is 12.0. The van der Waals surface area contributed by atoms with Gasteiger partial charge in [0.1, 0.15) is 9.90 Å². The van der Waals surface area contributed by atoms with Crippen LogP contribution in [0.3, 0.4) is 0 Å². The van der Waals surface area contributed by atoms with Crippen molar-refractivity contribution in [2.45, 2.75) is 11.4 Å². The molecule has 19 heavy (non-hydrogen) atoms. The number of pyridine rings is 1. The molecular weight excluding hydrogens is 310 g/mol. The fraction of sp³-hybridized carbons (Fsp3) is 0.111. The number of hydrogen-bond acceptors (Lipinski definition) is 7. The standard InChI is InChI=1S/C9H10ClN5O2S2/c10-7-3-6(4-13-9(7)15-11)19(16,17)14-5-8-12-1-2-18-8/h1-4,14H,5,11H2,(H,13,15). The van der Waals surface area contributed by atoms with Crippen molar-refractivity contribution in [3.63, 3.8) is 0 Å². The summed E-state index contributed by atoms with van der Waals surface area (Å²) < 4.78 is 26.4. The number of rotatable bonds is 5. The lowest BCUT2D eigenvalue weighted by molar-refractivity contribution is 0.580. The molecule has 2 aromatic heterocycles. The molecule has 2 aromatic rings. The number of nitrogen functional groups attached to an aromatic ring is 1. The predicted octanol–water partition coefficient (Wildman–Crippen LogP) is 0.956. The Morgan fingerprint density at radius 3 is 2.79 bits per heavy atom. The summed E-state index contributed by atoms with van der Waals surface area (Å²) in [5, 5.41) is 2.56. The lowest BCUT2D eigenvalue weighted by Crippen LogP contribution is -2.23. The summed E-state index contributed by atoms with van der Waals surface area (Å²) in [7, 11) is -3.68. The molecule has 0 spiro atoms. The highest BCUT2D eigenvalue weighted by molar-refractivity contribution is 7.89. The van der Waals surface area contributed by atoms with Crippen LogP contribution in [0.1, 0.15) is 5.01 Å². The SMILES string of the molecule is NNc1ncc(S(=O)(=O)NCc2nccs2)cc1Cl. The van der Waals surface area contributed by atoms with Crippen LogP contribution in [0.25, 0.3) is 0 Å². The second kappa shape index (κ2) is 5.80. The van der Waals surface area contributed by atoms with Gasteiger partial charge in [-0.05, 0) is 6.07 Å². The second-order valence-electron chi connectivity index (χ2n) is 3.40. The molecule has 0 aliphatic heterocycles. The van der Waals surface area contributed by atoms with Gasteiger partial charge in [-0.25, -0.2) is 29.0 Å². The lowest BCUT2D eigenvalue weighted by Gasteiger charge is -2.07. The van der Waals surface area contributed by atoms with E-state index in [2.05, 4.69) is 20.1 Å². The Kier molecular flexibility index (Phi) is 4.32.